The molecular weight excluding hydrogens is 253 g/mol. The third kappa shape index (κ3) is 2.64. The predicted octanol–water partition coefficient (Wildman–Crippen LogP) is 2.63. The molecule has 2 nitrogen and oxygen atoms in total. The van der Waals surface area contributed by atoms with E-state index >= 15 is 0 Å². The third-order valence-corrected chi connectivity index (χ3v) is 5.60. The summed E-state index contributed by atoms with van der Waals surface area (Å²) in [5, 5.41) is 0. The maximum atomic E-state index is 12.8. The molecule has 110 valence electrons. The van der Waals surface area contributed by atoms with Crippen LogP contribution in [0.1, 0.15) is 32.1 Å². The molecule has 0 spiro atoms. The van der Waals surface area contributed by atoms with Crippen LogP contribution in [0.15, 0.2) is 0 Å². The smallest absolute Gasteiger partial charge is 0.327 e. The molecule has 0 aromatic rings. The van der Waals surface area contributed by atoms with Gasteiger partial charge in [-0.3, -0.25) is 0 Å². The molecule has 5 unspecified atom stereocenters. The highest BCUT2D eigenvalue weighted by Gasteiger charge is 2.47. The van der Waals surface area contributed by atoms with Crippen molar-refractivity contribution in [3.8, 4) is 0 Å². The fourth-order valence-electron chi connectivity index (χ4n) is 4.51. The van der Waals surface area contributed by atoms with E-state index < -0.39 is 12.1 Å². The molecule has 1 saturated heterocycles. The van der Waals surface area contributed by atoms with E-state index in [4.69, 9.17) is 5.73 Å². The van der Waals surface area contributed by atoms with Gasteiger partial charge in [0.15, 0.2) is 0 Å². The second-order valence-corrected chi connectivity index (χ2v) is 6.71. The Kier molecular flexibility index (Phi) is 3.54. The summed E-state index contributed by atoms with van der Waals surface area (Å²) < 4.78 is 38.4. The summed E-state index contributed by atoms with van der Waals surface area (Å²) in [5.74, 6) is 0.617. The van der Waals surface area contributed by atoms with Gasteiger partial charge in [0.05, 0.1) is 5.92 Å². The van der Waals surface area contributed by atoms with E-state index in [0.29, 0.717) is 30.6 Å². The van der Waals surface area contributed by atoms with Crippen molar-refractivity contribution in [3.63, 3.8) is 0 Å². The summed E-state index contributed by atoms with van der Waals surface area (Å²) in [6.45, 7) is 1.78. The van der Waals surface area contributed by atoms with E-state index in [2.05, 4.69) is 0 Å². The highest BCUT2D eigenvalue weighted by atomic mass is 19.4. The van der Waals surface area contributed by atoms with Crippen LogP contribution < -0.4 is 5.73 Å². The Bertz CT molecular complexity index is 329. The number of likely N-dealkylation sites (tertiary alicyclic amines) is 1. The standard InChI is InChI=1S/C14H23F3N2/c15-14(16,17)11-2-1-5-19(7-11)8-12-9-3-4-10(6-9)13(12)18/h9-13H,1-8,18H2. The van der Waals surface area contributed by atoms with Crippen LogP contribution in [0.3, 0.4) is 0 Å². The molecule has 1 heterocycles. The zero-order valence-electron chi connectivity index (χ0n) is 11.2. The molecule has 0 radical (unpaired) electrons. The van der Waals surface area contributed by atoms with Crippen molar-refractivity contribution in [2.75, 3.05) is 19.6 Å². The molecule has 2 aliphatic carbocycles. The quantitative estimate of drug-likeness (QED) is 0.840. The van der Waals surface area contributed by atoms with E-state index in [1.165, 1.54) is 19.3 Å². The molecule has 3 aliphatic rings. The molecule has 3 rings (SSSR count). The van der Waals surface area contributed by atoms with Crippen molar-refractivity contribution in [1.29, 1.82) is 0 Å². The zero-order valence-corrected chi connectivity index (χ0v) is 11.2. The Morgan fingerprint density at radius 3 is 2.47 bits per heavy atom. The van der Waals surface area contributed by atoms with Crippen molar-refractivity contribution in [3.05, 3.63) is 0 Å². The third-order valence-electron chi connectivity index (χ3n) is 5.60. The predicted molar refractivity (Wildman–Crippen MR) is 67.5 cm³/mol. The minimum atomic E-state index is -4.03. The second kappa shape index (κ2) is 4.92. The first-order chi connectivity index (χ1) is 8.95. The minimum Gasteiger partial charge on any atom is -0.327 e. The molecule has 2 saturated carbocycles. The Labute approximate surface area is 112 Å². The van der Waals surface area contributed by atoms with Crippen LogP contribution in [0.2, 0.25) is 0 Å². The van der Waals surface area contributed by atoms with Gasteiger partial charge in [-0.05, 0) is 56.4 Å². The summed E-state index contributed by atoms with van der Waals surface area (Å²) in [6.07, 6.45) is 0.605. The first-order valence-corrected chi connectivity index (χ1v) is 7.50. The maximum absolute atomic E-state index is 12.8. The van der Waals surface area contributed by atoms with Crippen molar-refractivity contribution in [1.82, 2.24) is 4.90 Å². The molecule has 2 N–H and O–H groups in total. The monoisotopic (exact) mass is 276 g/mol. The van der Waals surface area contributed by atoms with Gasteiger partial charge in [0.2, 0.25) is 0 Å². The van der Waals surface area contributed by atoms with Gasteiger partial charge in [-0.2, -0.15) is 13.2 Å². The van der Waals surface area contributed by atoms with Crippen molar-refractivity contribution in [2.24, 2.45) is 29.4 Å². The Hall–Kier alpha value is -0.290. The average molecular weight is 276 g/mol. The van der Waals surface area contributed by atoms with Gasteiger partial charge >= 0.3 is 6.18 Å². The molecule has 1 aliphatic heterocycles. The minimum absolute atomic E-state index is 0.185. The van der Waals surface area contributed by atoms with Crippen molar-refractivity contribution in [2.45, 2.75) is 44.3 Å². The van der Waals surface area contributed by atoms with Crippen LogP contribution in [-0.2, 0) is 0 Å². The van der Waals surface area contributed by atoms with Gasteiger partial charge in [0.1, 0.15) is 0 Å². The molecule has 19 heavy (non-hydrogen) atoms. The lowest BCUT2D eigenvalue weighted by atomic mass is 9.84. The van der Waals surface area contributed by atoms with Crippen LogP contribution in [0, 0.1) is 23.7 Å². The normalized spacial score (nSPS) is 43.9. The average Bonchev–Trinajstić information content (AvgIpc) is 2.92. The molecule has 3 fully saturated rings. The number of nitrogens with zero attached hydrogens (tertiary/aromatic N) is 1. The number of nitrogens with two attached hydrogens (primary N) is 1. The molecule has 2 bridgehead atoms. The zero-order chi connectivity index (χ0) is 13.6. The van der Waals surface area contributed by atoms with E-state index in [1.54, 1.807) is 0 Å². The number of halogens is 3. The van der Waals surface area contributed by atoms with Gasteiger partial charge in [-0.1, -0.05) is 0 Å². The topological polar surface area (TPSA) is 29.3 Å². The molecule has 0 aromatic heterocycles. The number of piperidine rings is 1. The van der Waals surface area contributed by atoms with Gasteiger partial charge in [-0.25, -0.2) is 0 Å². The number of fused-ring (bicyclic) bond motifs is 2. The molecular formula is C14H23F3N2. The van der Waals surface area contributed by atoms with Crippen molar-refractivity contribution < 1.29 is 13.2 Å². The van der Waals surface area contributed by atoms with Gasteiger partial charge in [0, 0.05) is 19.1 Å². The van der Waals surface area contributed by atoms with Crippen LogP contribution in [0.4, 0.5) is 13.2 Å². The first-order valence-electron chi connectivity index (χ1n) is 7.50. The van der Waals surface area contributed by atoms with E-state index in [1.807, 2.05) is 4.90 Å². The SMILES string of the molecule is NC1C2CCC(C2)C1CN1CCCC(C(F)(F)F)C1. The lowest BCUT2D eigenvalue weighted by molar-refractivity contribution is -0.187. The number of hydrogen-bond donors (Lipinski definition) is 1. The molecule has 5 atom stereocenters. The summed E-state index contributed by atoms with van der Waals surface area (Å²) in [6, 6.07) is 0.227. The number of rotatable bonds is 2. The van der Waals surface area contributed by atoms with Crippen LogP contribution in [-0.4, -0.2) is 36.8 Å². The summed E-state index contributed by atoms with van der Waals surface area (Å²) in [5.41, 5.74) is 6.25. The second-order valence-electron chi connectivity index (χ2n) is 6.71. The largest absolute Gasteiger partial charge is 0.393 e. The maximum Gasteiger partial charge on any atom is 0.393 e. The van der Waals surface area contributed by atoms with Crippen LogP contribution in [0.25, 0.3) is 0 Å². The molecule has 0 aromatic carbocycles. The van der Waals surface area contributed by atoms with Gasteiger partial charge < -0.3 is 10.6 Å². The van der Waals surface area contributed by atoms with Gasteiger partial charge in [-0.15, -0.1) is 0 Å². The number of alkyl halides is 3. The fraction of sp³-hybridized carbons (Fsp3) is 1.00. The Balaban J connectivity index is 1.58. The van der Waals surface area contributed by atoms with Crippen LogP contribution >= 0.6 is 0 Å². The summed E-state index contributed by atoms with van der Waals surface area (Å²) >= 11 is 0. The number of hydrogen-bond acceptors (Lipinski definition) is 2. The highest BCUT2D eigenvalue weighted by Crippen LogP contribution is 2.48. The summed E-state index contributed by atoms with van der Waals surface area (Å²) in [7, 11) is 0. The Morgan fingerprint density at radius 1 is 1.11 bits per heavy atom. The van der Waals surface area contributed by atoms with Crippen molar-refractivity contribution >= 4 is 0 Å². The lowest BCUT2D eigenvalue weighted by Crippen LogP contribution is -2.47. The summed E-state index contributed by atoms with van der Waals surface area (Å²) in [4.78, 5) is 2.02. The van der Waals surface area contributed by atoms with Gasteiger partial charge in [0.25, 0.3) is 0 Å². The lowest BCUT2D eigenvalue weighted by Gasteiger charge is -2.38. The Morgan fingerprint density at radius 2 is 1.84 bits per heavy atom. The highest BCUT2D eigenvalue weighted by molar-refractivity contribution is 5.00. The first kappa shape index (κ1) is 13.7. The van der Waals surface area contributed by atoms with E-state index in [0.717, 1.165) is 13.1 Å². The van der Waals surface area contributed by atoms with Crippen LogP contribution in [0.5, 0.6) is 0 Å². The fourth-order valence-corrected chi connectivity index (χ4v) is 4.51. The molecule has 0 amide bonds. The van der Waals surface area contributed by atoms with E-state index in [-0.39, 0.29) is 12.6 Å². The molecule has 5 heteroatoms. The van der Waals surface area contributed by atoms with E-state index in [9.17, 15) is 13.2 Å².